The Balaban J connectivity index is 1.82. The van der Waals surface area contributed by atoms with E-state index < -0.39 is 0 Å². The van der Waals surface area contributed by atoms with Gasteiger partial charge >= 0.3 is 0 Å². The van der Waals surface area contributed by atoms with Gasteiger partial charge in [-0.15, -0.1) is 0 Å². The van der Waals surface area contributed by atoms with Crippen molar-refractivity contribution in [1.29, 1.82) is 0 Å². The molecule has 0 atom stereocenters. The second kappa shape index (κ2) is 7.94. The molecule has 0 aliphatic carbocycles. The minimum absolute atomic E-state index is 0.198. The molecule has 2 aromatic heterocycles. The molecule has 0 fully saturated rings. The topological polar surface area (TPSA) is 64.0 Å². The Hall–Kier alpha value is -3.15. The first kappa shape index (κ1) is 20.1. The molecule has 4 rings (SSSR count). The standard InChI is InChI=1S/C23H17Cl2N3O2/c1-13-3-5-14(6-4-13)22(29)27-18-8-7-17(24)20(21(18)25)16-11-15-12-26-10-9-19(15)28(2)23(16)30/h3-12H,1-2H3,(H,27,29). The highest BCUT2D eigenvalue weighted by molar-refractivity contribution is 6.41. The zero-order chi connectivity index (χ0) is 21.4. The highest BCUT2D eigenvalue weighted by Gasteiger charge is 2.19. The van der Waals surface area contributed by atoms with E-state index in [0.29, 0.717) is 27.4 Å². The molecule has 0 aliphatic rings. The number of anilines is 1. The van der Waals surface area contributed by atoms with Gasteiger partial charge in [0, 0.05) is 36.0 Å². The summed E-state index contributed by atoms with van der Waals surface area (Å²) in [5.74, 6) is -0.305. The normalized spacial score (nSPS) is 10.9. The molecular formula is C23H17Cl2N3O2. The summed E-state index contributed by atoms with van der Waals surface area (Å²) in [4.78, 5) is 29.8. The van der Waals surface area contributed by atoms with Crippen LogP contribution < -0.4 is 10.9 Å². The first-order valence-corrected chi connectivity index (χ1v) is 9.92. The van der Waals surface area contributed by atoms with Crippen LogP contribution in [0.3, 0.4) is 0 Å². The summed E-state index contributed by atoms with van der Waals surface area (Å²) >= 11 is 13.0. The Bertz CT molecular complexity index is 1350. The zero-order valence-corrected chi connectivity index (χ0v) is 17.8. The van der Waals surface area contributed by atoms with Crippen LogP contribution in [-0.4, -0.2) is 15.5 Å². The first-order valence-electron chi connectivity index (χ1n) is 9.17. The Kier molecular flexibility index (Phi) is 5.33. The molecule has 0 saturated heterocycles. The Morgan fingerprint density at radius 3 is 2.53 bits per heavy atom. The average molecular weight is 438 g/mol. The fourth-order valence-electron chi connectivity index (χ4n) is 3.30. The van der Waals surface area contributed by atoms with Gasteiger partial charge in [0.25, 0.3) is 11.5 Å². The maximum absolute atomic E-state index is 13.0. The van der Waals surface area contributed by atoms with Gasteiger partial charge in [0.15, 0.2) is 0 Å². The van der Waals surface area contributed by atoms with E-state index >= 15 is 0 Å². The van der Waals surface area contributed by atoms with Gasteiger partial charge in [-0.05, 0) is 43.3 Å². The largest absolute Gasteiger partial charge is 0.321 e. The fraction of sp³-hybridized carbons (Fsp3) is 0.0870. The summed E-state index contributed by atoms with van der Waals surface area (Å²) in [6.07, 6.45) is 3.30. The number of carbonyl (C=O) groups is 1. The highest BCUT2D eigenvalue weighted by Crippen LogP contribution is 2.39. The van der Waals surface area contributed by atoms with Gasteiger partial charge in [-0.25, -0.2) is 0 Å². The molecule has 0 aliphatic heterocycles. The molecular weight excluding hydrogens is 421 g/mol. The number of aryl methyl sites for hydroxylation is 2. The van der Waals surface area contributed by atoms with Crippen LogP contribution in [0.4, 0.5) is 5.69 Å². The summed E-state index contributed by atoms with van der Waals surface area (Å²) in [6.45, 7) is 1.95. The fourth-order valence-corrected chi connectivity index (χ4v) is 3.92. The average Bonchev–Trinajstić information content (AvgIpc) is 2.74. The van der Waals surface area contributed by atoms with Gasteiger partial charge in [-0.3, -0.25) is 14.6 Å². The van der Waals surface area contributed by atoms with Crippen LogP contribution in [0.5, 0.6) is 0 Å². The predicted molar refractivity (Wildman–Crippen MR) is 122 cm³/mol. The second-order valence-corrected chi connectivity index (χ2v) is 7.75. The van der Waals surface area contributed by atoms with E-state index in [9.17, 15) is 9.59 Å². The third-order valence-corrected chi connectivity index (χ3v) is 5.65. The molecule has 7 heteroatoms. The summed E-state index contributed by atoms with van der Waals surface area (Å²) in [5, 5.41) is 4.09. The van der Waals surface area contributed by atoms with Gasteiger partial charge in [-0.2, -0.15) is 0 Å². The van der Waals surface area contributed by atoms with Crippen molar-refractivity contribution in [3.05, 3.63) is 92.5 Å². The third kappa shape index (κ3) is 3.58. The number of hydrogen-bond donors (Lipinski definition) is 1. The van der Waals surface area contributed by atoms with E-state index in [0.717, 1.165) is 16.5 Å². The Morgan fingerprint density at radius 1 is 1.07 bits per heavy atom. The molecule has 30 heavy (non-hydrogen) atoms. The van der Waals surface area contributed by atoms with Crippen molar-refractivity contribution in [2.75, 3.05) is 5.32 Å². The van der Waals surface area contributed by atoms with Gasteiger partial charge in [0.1, 0.15) is 0 Å². The van der Waals surface area contributed by atoms with Crippen LogP contribution in [-0.2, 0) is 7.05 Å². The lowest BCUT2D eigenvalue weighted by Gasteiger charge is -2.14. The molecule has 0 bridgehead atoms. The molecule has 1 amide bonds. The summed E-state index contributed by atoms with van der Waals surface area (Å²) in [7, 11) is 1.68. The number of fused-ring (bicyclic) bond motifs is 1. The number of pyridine rings is 2. The lowest BCUT2D eigenvalue weighted by Crippen LogP contribution is -2.19. The van der Waals surface area contributed by atoms with Crippen LogP contribution in [0.1, 0.15) is 15.9 Å². The number of rotatable bonds is 3. The van der Waals surface area contributed by atoms with Crippen molar-refractivity contribution in [2.45, 2.75) is 6.92 Å². The molecule has 2 aromatic carbocycles. The molecule has 0 spiro atoms. The van der Waals surface area contributed by atoms with E-state index in [4.69, 9.17) is 23.2 Å². The molecule has 4 aromatic rings. The maximum atomic E-state index is 13.0. The Morgan fingerprint density at radius 2 is 1.80 bits per heavy atom. The first-order chi connectivity index (χ1) is 14.4. The smallest absolute Gasteiger partial charge is 0.258 e. The lowest BCUT2D eigenvalue weighted by atomic mass is 10.0. The second-order valence-electron chi connectivity index (χ2n) is 6.96. The molecule has 150 valence electrons. The van der Waals surface area contributed by atoms with Gasteiger partial charge in [0.2, 0.25) is 0 Å². The van der Waals surface area contributed by atoms with Crippen LogP contribution in [0.25, 0.3) is 22.0 Å². The number of aromatic nitrogens is 2. The Labute approximate surface area is 182 Å². The van der Waals surface area contributed by atoms with E-state index in [-0.39, 0.29) is 16.5 Å². The number of benzene rings is 2. The molecule has 0 radical (unpaired) electrons. The number of carbonyl (C=O) groups excluding carboxylic acids is 1. The monoisotopic (exact) mass is 437 g/mol. The lowest BCUT2D eigenvalue weighted by molar-refractivity contribution is 0.102. The number of nitrogens with one attached hydrogen (secondary N) is 1. The van der Waals surface area contributed by atoms with Crippen molar-refractivity contribution < 1.29 is 4.79 Å². The van der Waals surface area contributed by atoms with Crippen molar-refractivity contribution in [3.8, 4) is 11.1 Å². The number of amides is 1. The quantitative estimate of drug-likeness (QED) is 0.462. The highest BCUT2D eigenvalue weighted by atomic mass is 35.5. The van der Waals surface area contributed by atoms with Gasteiger partial charge in [-0.1, -0.05) is 40.9 Å². The molecule has 5 nitrogen and oxygen atoms in total. The number of halogens is 2. The molecule has 0 saturated carbocycles. The van der Waals surface area contributed by atoms with Gasteiger partial charge < -0.3 is 9.88 Å². The van der Waals surface area contributed by atoms with Gasteiger partial charge in [0.05, 0.1) is 26.8 Å². The number of nitrogens with zero attached hydrogens (tertiary/aromatic N) is 2. The molecule has 2 heterocycles. The summed E-state index contributed by atoms with van der Waals surface area (Å²) < 4.78 is 1.52. The van der Waals surface area contributed by atoms with Crippen molar-refractivity contribution in [1.82, 2.24) is 9.55 Å². The van der Waals surface area contributed by atoms with E-state index in [1.807, 2.05) is 19.1 Å². The van der Waals surface area contributed by atoms with Crippen LogP contribution in [0, 0.1) is 6.92 Å². The van der Waals surface area contributed by atoms with Crippen LogP contribution >= 0.6 is 23.2 Å². The SMILES string of the molecule is Cc1ccc(C(=O)Nc2ccc(Cl)c(-c3cc4cnccc4n(C)c3=O)c2Cl)cc1. The van der Waals surface area contributed by atoms with Crippen LogP contribution in [0.15, 0.2) is 65.7 Å². The summed E-state index contributed by atoms with van der Waals surface area (Å²) in [6, 6.07) is 13.9. The van der Waals surface area contributed by atoms with Crippen molar-refractivity contribution in [2.24, 2.45) is 7.05 Å². The zero-order valence-electron chi connectivity index (χ0n) is 16.2. The van der Waals surface area contributed by atoms with Crippen LogP contribution in [0.2, 0.25) is 10.0 Å². The van der Waals surface area contributed by atoms with E-state index in [1.54, 1.807) is 55.8 Å². The predicted octanol–water partition coefficient (Wildman–Crippen LogP) is 5.47. The molecule has 1 N–H and O–H groups in total. The summed E-state index contributed by atoms with van der Waals surface area (Å²) in [5.41, 5.74) is 3.12. The van der Waals surface area contributed by atoms with E-state index in [1.165, 1.54) is 4.57 Å². The van der Waals surface area contributed by atoms with Crippen molar-refractivity contribution >= 4 is 45.7 Å². The van der Waals surface area contributed by atoms with E-state index in [2.05, 4.69) is 10.3 Å². The maximum Gasteiger partial charge on any atom is 0.258 e. The van der Waals surface area contributed by atoms with Crippen molar-refractivity contribution in [3.63, 3.8) is 0 Å². The number of hydrogen-bond acceptors (Lipinski definition) is 3. The third-order valence-electron chi connectivity index (χ3n) is 4.95. The minimum Gasteiger partial charge on any atom is -0.321 e. The minimum atomic E-state index is -0.305. The molecule has 0 unspecified atom stereocenters.